The highest BCUT2D eigenvalue weighted by molar-refractivity contribution is 5.87. The predicted molar refractivity (Wildman–Crippen MR) is 131 cm³/mol. The van der Waals surface area contributed by atoms with Gasteiger partial charge in [-0.2, -0.15) is 13.2 Å². The number of rotatable bonds is 5. The van der Waals surface area contributed by atoms with Crippen LogP contribution in [0.5, 0.6) is 5.75 Å². The van der Waals surface area contributed by atoms with E-state index in [0.717, 1.165) is 16.7 Å². The van der Waals surface area contributed by atoms with Crippen LogP contribution in [0.1, 0.15) is 11.3 Å². The Balaban J connectivity index is 1.37. The third-order valence-corrected chi connectivity index (χ3v) is 6.16. The highest BCUT2D eigenvalue weighted by Crippen LogP contribution is 2.39. The molecule has 6 rings (SSSR count). The molecule has 3 aromatic heterocycles. The van der Waals surface area contributed by atoms with Gasteiger partial charge in [-0.1, -0.05) is 24.3 Å². The summed E-state index contributed by atoms with van der Waals surface area (Å²) in [4.78, 5) is 7.05. The summed E-state index contributed by atoms with van der Waals surface area (Å²) in [5.74, 6) is 1.69. The van der Waals surface area contributed by atoms with Gasteiger partial charge in [0.25, 0.3) is 0 Å². The first-order valence-corrected chi connectivity index (χ1v) is 11.3. The van der Waals surface area contributed by atoms with E-state index >= 15 is 0 Å². The molecule has 0 saturated carbocycles. The molecule has 0 bridgehead atoms. The Kier molecular flexibility index (Phi) is 5.31. The summed E-state index contributed by atoms with van der Waals surface area (Å²) in [5, 5.41) is 9.51. The van der Waals surface area contributed by atoms with Crippen LogP contribution in [-0.4, -0.2) is 23.4 Å². The largest absolute Gasteiger partial charge is 0.497 e. The van der Waals surface area contributed by atoms with Crippen molar-refractivity contribution < 1.29 is 31.8 Å². The molecule has 0 aliphatic carbocycles. The lowest BCUT2D eigenvalue weighted by atomic mass is 10.1. The first kappa shape index (κ1) is 22.9. The van der Waals surface area contributed by atoms with Crippen LogP contribution in [0.2, 0.25) is 0 Å². The lowest BCUT2D eigenvalue weighted by molar-refractivity contribution is -0.0694. The fourth-order valence-corrected chi connectivity index (χ4v) is 4.31. The van der Waals surface area contributed by atoms with Crippen LogP contribution in [0, 0.1) is 0 Å². The van der Waals surface area contributed by atoms with E-state index in [1.807, 2.05) is 12.1 Å². The average Bonchev–Trinajstić information content (AvgIpc) is 3.63. The molecule has 2 N–H and O–H groups in total. The number of aromatic nitrogens is 1. The maximum absolute atomic E-state index is 14.2. The molecule has 9 heteroatoms. The summed E-state index contributed by atoms with van der Waals surface area (Å²) < 4.78 is 59.4. The van der Waals surface area contributed by atoms with Crippen LogP contribution in [0.25, 0.3) is 45.4 Å². The summed E-state index contributed by atoms with van der Waals surface area (Å²) in [7, 11) is 1.57. The molecule has 0 atom stereocenters. The van der Waals surface area contributed by atoms with E-state index in [4.69, 9.17) is 13.6 Å². The zero-order valence-electron chi connectivity index (χ0n) is 19.4. The van der Waals surface area contributed by atoms with Crippen LogP contribution < -0.4 is 15.5 Å². The van der Waals surface area contributed by atoms with Gasteiger partial charge in [-0.15, -0.1) is 0 Å². The van der Waals surface area contributed by atoms with Crippen molar-refractivity contribution in [3.05, 3.63) is 94.5 Å². The topological polar surface area (TPSA) is 83.9 Å². The van der Waals surface area contributed by atoms with Crippen molar-refractivity contribution in [3.63, 3.8) is 0 Å². The molecular weight excluding hydrogens is 485 g/mol. The number of nitrogens with one attached hydrogen (secondary N) is 1. The number of benzene rings is 2. The SMILES string of the molecule is COc1ccc(-c2cc3[nH]c(C(=C4C=c5oc(-c6ccc(CO)cc6)cc5=N4)C(F)(F)F)cc3o2)cc1. The van der Waals surface area contributed by atoms with Crippen LogP contribution in [0.4, 0.5) is 13.2 Å². The van der Waals surface area contributed by atoms with Crippen LogP contribution >= 0.6 is 0 Å². The van der Waals surface area contributed by atoms with Crippen molar-refractivity contribution in [3.8, 4) is 28.4 Å². The number of allylic oxidation sites excluding steroid dienone is 2. The first-order valence-electron chi connectivity index (χ1n) is 11.3. The highest BCUT2D eigenvalue weighted by atomic mass is 19.4. The fraction of sp³-hybridized carbons (Fsp3) is 0.107. The van der Waals surface area contributed by atoms with Gasteiger partial charge in [0.1, 0.15) is 28.2 Å². The smallest absolute Gasteiger partial charge is 0.420 e. The van der Waals surface area contributed by atoms with E-state index in [2.05, 4.69) is 9.98 Å². The highest BCUT2D eigenvalue weighted by Gasteiger charge is 2.39. The minimum atomic E-state index is -4.68. The molecule has 0 saturated heterocycles. The molecule has 4 heterocycles. The monoisotopic (exact) mass is 504 g/mol. The molecule has 186 valence electrons. The van der Waals surface area contributed by atoms with Crippen molar-refractivity contribution in [2.75, 3.05) is 7.11 Å². The maximum atomic E-state index is 14.2. The van der Waals surface area contributed by atoms with Gasteiger partial charge in [0.2, 0.25) is 0 Å². The zero-order chi connectivity index (χ0) is 25.7. The molecule has 0 spiro atoms. The van der Waals surface area contributed by atoms with Gasteiger partial charge in [0.05, 0.1) is 30.6 Å². The van der Waals surface area contributed by atoms with Gasteiger partial charge < -0.3 is 23.7 Å². The molecule has 6 nitrogen and oxygen atoms in total. The molecule has 37 heavy (non-hydrogen) atoms. The Bertz CT molecular complexity index is 1700. The van der Waals surface area contributed by atoms with E-state index in [1.165, 1.54) is 12.1 Å². The van der Waals surface area contributed by atoms with Gasteiger partial charge in [-0.25, -0.2) is 4.99 Å². The van der Waals surface area contributed by atoms with Crippen LogP contribution in [0.15, 0.2) is 86.3 Å². The van der Waals surface area contributed by atoms with Crippen molar-refractivity contribution in [1.29, 1.82) is 0 Å². The van der Waals surface area contributed by atoms with E-state index in [9.17, 15) is 18.3 Å². The number of nitrogens with zero attached hydrogens (tertiary/aromatic N) is 1. The summed E-state index contributed by atoms with van der Waals surface area (Å²) in [6.45, 7) is -0.0851. The minimum Gasteiger partial charge on any atom is -0.497 e. The Hall–Kier alpha value is -4.50. The number of fused-ring (bicyclic) bond motifs is 2. The number of H-pyrrole nitrogens is 1. The number of aliphatic hydroxyl groups is 1. The molecule has 1 aliphatic heterocycles. The number of alkyl halides is 3. The van der Waals surface area contributed by atoms with Crippen LogP contribution in [-0.2, 0) is 6.61 Å². The fourth-order valence-electron chi connectivity index (χ4n) is 4.31. The number of aliphatic hydroxyl groups excluding tert-OH is 1. The van der Waals surface area contributed by atoms with Crippen molar-refractivity contribution >= 4 is 22.7 Å². The third-order valence-electron chi connectivity index (χ3n) is 6.16. The van der Waals surface area contributed by atoms with Gasteiger partial charge >= 0.3 is 6.18 Å². The Morgan fingerprint density at radius 2 is 1.62 bits per heavy atom. The third kappa shape index (κ3) is 4.13. The summed E-state index contributed by atoms with van der Waals surface area (Å²) >= 11 is 0. The number of methoxy groups -OCH3 is 1. The van der Waals surface area contributed by atoms with Crippen molar-refractivity contribution in [2.24, 2.45) is 4.99 Å². The number of hydrogen-bond acceptors (Lipinski definition) is 5. The average molecular weight is 504 g/mol. The van der Waals surface area contributed by atoms with Gasteiger partial charge in [0.15, 0.2) is 11.0 Å². The van der Waals surface area contributed by atoms with E-state index < -0.39 is 11.7 Å². The lowest BCUT2D eigenvalue weighted by Crippen LogP contribution is -2.14. The number of halogens is 3. The lowest BCUT2D eigenvalue weighted by Gasteiger charge is -2.11. The van der Waals surface area contributed by atoms with E-state index in [1.54, 1.807) is 55.6 Å². The molecule has 1 aliphatic rings. The van der Waals surface area contributed by atoms with Crippen molar-refractivity contribution in [1.82, 2.24) is 4.98 Å². The quantitative estimate of drug-likeness (QED) is 0.328. The first-order chi connectivity index (χ1) is 17.8. The Labute approximate surface area is 207 Å². The zero-order valence-corrected chi connectivity index (χ0v) is 19.4. The van der Waals surface area contributed by atoms with E-state index in [0.29, 0.717) is 33.7 Å². The van der Waals surface area contributed by atoms with Gasteiger partial charge in [-0.05, 0) is 29.8 Å². The Morgan fingerprint density at radius 3 is 2.22 bits per heavy atom. The molecular formula is C28H19F3N2O4. The number of ether oxygens (including phenoxy) is 1. The summed E-state index contributed by atoms with van der Waals surface area (Å²) in [6, 6.07) is 18.8. The summed E-state index contributed by atoms with van der Waals surface area (Å²) in [6.07, 6.45) is -3.39. The standard InChI is InChI=1S/C28H19F3N2O4/c1-35-18-8-6-17(7-9-18)24-11-20-26(37-24)13-22(33-20)27(28(29,30)31)21-12-25-19(32-21)10-23(36-25)16-4-2-15(14-34)3-5-16/h2-13,33-34H,14H2,1H3. The number of furan rings is 2. The number of aromatic amines is 1. The summed E-state index contributed by atoms with van der Waals surface area (Å²) in [5.41, 5.74) is 1.91. The van der Waals surface area contributed by atoms with Crippen molar-refractivity contribution in [2.45, 2.75) is 12.8 Å². The van der Waals surface area contributed by atoms with Gasteiger partial charge in [-0.3, -0.25) is 0 Å². The second-order valence-electron chi connectivity index (χ2n) is 8.53. The van der Waals surface area contributed by atoms with Gasteiger partial charge in [0, 0.05) is 35.4 Å². The molecule has 0 amide bonds. The molecule has 0 unspecified atom stereocenters. The molecule has 0 radical (unpaired) electrons. The predicted octanol–water partition coefficient (Wildman–Crippen LogP) is 5.58. The minimum absolute atomic E-state index is 0.0851. The second-order valence-corrected chi connectivity index (χ2v) is 8.53. The van der Waals surface area contributed by atoms with E-state index in [-0.39, 0.29) is 23.4 Å². The second kappa shape index (κ2) is 8.56. The normalized spacial score (nSPS) is 14.4. The molecule has 5 aromatic rings. The molecule has 0 fully saturated rings. The van der Waals surface area contributed by atoms with Crippen LogP contribution in [0.3, 0.4) is 0 Å². The molecule has 2 aromatic carbocycles. The number of hydrogen-bond donors (Lipinski definition) is 2. The maximum Gasteiger partial charge on any atom is 0.420 e. The Morgan fingerprint density at radius 1 is 0.946 bits per heavy atom.